The van der Waals surface area contributed by atoms with Gasteiger partial charge < -0.3 is 4.98 Å². The molecule has 8 nitrogen and oxygen atoms in total. The van der Waals surface area contributed by atoms with Crippen molar-refractivity contribution in [2.45, 2.75) is 0 Å². The molecule has 0 bridgehead atoms. The number of nitro benzene ring substituents is 1. The van der Waals surface area contributed by atoms with E-state index in [-0.39, 0.29) is 21.7 Å². The van der Waals surface area contributed by atoms with Crippen LogP contribution in [0.1, 0.15) is 0 Å². The summed E-state index contributed by atoms with van der Waals surface area (Å²) in [5, 5.41) is 18.8. The van der Waals surface area contributed by atoms with Gasteiger partial charge in [-0.1, -0.05) is 0 Å². The first-order chi connectivity index (χ1) is 10.0. The maximum absolute atomic E-state index is 11.8. The highest BCUT2D eigenvalue weighted by atomic mass is 32.1. The van der Waals surface area contributed by atoms with Crippen LogP contribution >= 0.6 is 12.2 Å². The summed E-state index contributed by atoms with van der Waals surface area (Å²) in [5.74, 6) is 0. The molecule has 0 aliphatic carbocycles. The fourth-order valence-electron chi connectivity index (χ4n) is 1.86. The highest BCUT2D eigenvalue weighted by molar-refractivity contribution is 7.71. The monoisotopic (exact) mass is 301 g/mol. The Balaban J connectivity index is 2.15. The molecule has 0 fully saturated rings. The van der Waals surface area contributed by atoms with E-state index in [1.54, 1.807) is 18.2 Å². The Hall–Kier alpha value is -2.94. The van der Waals surface area contributed by atoms with Crippen LogP contribution in [0.4, 0.5) is 5.69 Å². The molecule has 9 heteroatoms. The highest BCUT2D eigenvalue weighted by Crippen LogP contribution is 2.21. The molecule has 0 amide bonds. The lowest BCUT2D eigenvalue weighted by Gasteiger charge is -2.01. The van der Waals surface area contributed by atoms with Crippen LogP contribution in [0.3, 0.4) is 0 Å². The number of H-pyrrole nitrogens is 2. The Bertz CT molecular complexity index is 961. The van der Waals surface area contributed by atoms with Crippen LogP contribution in [0.2, 0.25) is 0 Å². The SMILES string of the molecule is O=c1[nH]c(=S)[nH]c2nnc(-c3ccc([N+](=O)[O-])cc3)cc12. The fourth-order valence-corrected chi connectivity index (χ4v) is 2.05. The van der Waals surface area contributed by atoms with Gasteiger partial charge in [0, 0.05) is 17.7 Å². The Morgan fingerprint density at radius 2 is 1.86 bits per heavy atom. The standard InChI is InChI=1S/C12H7N5O3S/c18-11-8-5-9(15-16-10(8)13-12(21)14-11)6-1-3-7(4-2-6)17(19)20/h1-5H,(H2,13,14,16,18,21). The minimum Gasteiger partial charge on any atom is -0.315 e. The van der Waals surface area contributed by atoms with E-state index in [0.717, 1.165) is 0 Å². The van der Waals surface area contributed by atoms with E-state index in [0.29, 0.717) is 16.6 Å². The normalized spacial score (nSPS) is 10.7. The number of hydrogen-bond acceptors (Lipinski definition) is 6. The van der Waals surface area contributed by atoms with Gasteiger partial charge >= 0.3 is 0 Å². The van der Waals surface area contributed by atoms with Crippen LogP contribution < -0.4 is 5.56 Å². The van der Waals surface area contributed by atoms with Crippen LogP contribution in [0, 0.1) is 14.9 Å². The van der Waals surface area contributed by atoms with Gasteiger partial charge in [-0.2, -0.15) is 0 Å². The van der Waals surface area contributed by atoms with Gasteiger partial charge in [-0.05, 0) is 30.4 Å². The average molecular weight is 301 g/mol. The predicted molar refractivity (Wildman–Crippen MR) is 77.4 cm³/mol. The third kappa shape index (κ3) is 2.41. The zero-order chi connectivity index (χ0) is 15.0. The molecule has 0 aliphatic rings. The summed E-state index contributed by atoms with van der Waals surface area (Å²) in [7, 11) is 0. The number of non-ortho nitro benzene ring substituents is 1. The molecule has 0 aliphatic heterocycles. The van der Waals surface area contributed by atoms with Crippen molar-refractivity contribution < 1.29 is 4.92 Å². The van der Waals surface area contributed by atoms with Gasteiger partial charge in [0.2, 0.25) is 0 Å². The lowest BCUT2D eigenvalue weighted by molar-refractivity contribution is -0.384. The molecule has 2 N–H and O–H groups in total. The van der Waals surface area contributed by atoms with Crippen molar-refractivity contribution in [1.29, 1.82) is 0 Å². The van der Waals surface area contributed by atoms with E-state index in [1.807, 2.05) is 0 Å². The summed E-state index contributed by atoms with van der Waals surface area (Å²) in [6, 6.07) is 7.38. The first-order valence-corrected chi connectivity index (χ1v) is 6.20. The summed E-state index contributed by atoms with van der Waals surface area (Å²) in [4.78, 5) is 27.2. The van der Waals surface area contributed by atoms with Gasteiger partial charge in [0.25, 0.3) is 11.2 Å². The third-order valence-corrected chi connectivity index (χ3v) is 3.08. The number of aromatic amines is 2. The zero-order valence-electron chi connectivity index (χ0n) is 10.4. The predicted octanol–water partition coefficient (Wildman–Crippen LogP) is 1.95. The van der Waals surface area contributed by atoms with E-state index in [2.05, 4.69) is 20.2 Å². The van der Waals surface area contributed by atoms with Gasteiger partial charge in [0.1, 0.15) is 0 Å². The quantitative estimate of drug-likeness (QED) is 0.424. The van der Waals surface area contributed by atoms with Crippen molar-refractivity contribution in [1.82, 2.24) is 20.2 Å². The summed E-state index contributed by atoms with van der Waals surface area (Å²) in [6.45, 7) is 0. The fraction of sp³-hybridized carbons (Fsp3) is 0. The molecule has 2 heterocycles. The number of hydrogen-bond donors (Lipinski definition) is 2. The Morgan fingerprint density at radius 3 is 2.52 bits per heavy atom. The first kappa shape index (κ1) is 13.1. The number of nitrogens with one attached hydrogen (secondary N) is 2. The molecule has 0 spiro atoms. The Kier molecular flexibility index (Phi) is 3.03. The zero-order valence-corrected chi connectivity index (χ0v) is 11.2. The number of rotatable bonds is 2. The molecule has 1 aromatic carbocycles. The Morgan fingerprint density at radius 1 is 1.14 bits per heavy atom. The van der Waals surface area contributed by atoms with Gasteiger partial charge in [0.15, 0.2) is 10.4 Å². The van der Waals surface area contributed by atoms with Crippen LogP contribution in [0.15, 0.2) is 35.1 Å². The third-order valence-electron chi connectivity index (χ3n) is 2.87. The Labute approximate surface area is 121 Å². The molecule has 0 saturated carbocycles. The molecular weight excluding hydrogens is 294 g/mol. The largest absolute Gasteiger partial charge is 0.315 e. The second kappa shape index (κ2) is 4.87. The molecule has 0 unspecified atom stereocenters. The molecule has 2 aromatic heterocycles. The maximum Gasteiger partial charge on any atom is 0.269 e. The van der Waals surface area contributed by atoms with Gasteiger partial charge in [0.05, 0.1) is 16.0 Å². The van der Waals surface area contributed by atoms with E-state index in [9.17, 15) is 14.9 Å². The van der Waals surface area contributed by atoms with Gasteiger partial charge in [-0.3, -0.25) is 19.9 Å². The second-order valence-electron chi connectivity index (χ2n) is 4.20. The number of benzene rings is 1. The summed E-state index contributed by atoms with van der Waals surface area (Å²) in [5.41, 5.74) is 0.959. The first-order valence-electron chi connectivity index (χ1n) is 5.79. The van der Waals surface area contributed by atoms with Crippen LogP contribution in [-0.2, 0) is 0 Å². The average Bonchev–Trinajstić information content (AvgIpc) is 2.47. The van der Waals surface area contributed by atoms with Gasteiger partial charge in [-0.15, -0.1) is 10.2 Å². The molecule has 3 aromatic rings. The minimum atomic E-state index is -0.485. The van der Waals surface area contributed by atoms with Crippen LogP contribution in [-0.4, -0.2) is 25.1 Å². The van der Waals surface area contributed by atoms with Crippen molar-refractivity contribution >= 4 is 28.9 Å². The molecule has 21 heavy (non-hydrogen) atoms. The number of nitro groups is 1. The van der Waals surface area contributed by atoms with E-state index in [1.165, 1.54) is 12.1 Å². The van der Waals surface area contributed by atoms with Gasteiger partial charge in [-0.25, -0.2) is 0 Å². The molecule has 0 radical (unpaired) electrons. The highest BCUT2D eigenvalue weighted by Gasteiger charge is 2.09. The summed E-state index contributed by atoms with van der Waals surface area (Å²) in [6.07, 6.45) is 0. The van der Waals surface area contributed by atoms with Crippen molar-refractivity contribution in [2.75, 3.05) is 0 Å². The topological polar surface area (TPSA) is 118 Å². The molecular formula is C12H7N5O3S. The van der Waals surface area contributed by atoms with Crippen molar-refractivity contribution in [3.8, 4) is 11.3 Å². The molecule has 0 atom stereocenters. The van der Waals surface area contributed by atoms with Crippen molar-refractivity contribution in [3.05, 3.63) is 55.6 Å². The van der Waals surface area contributed by atoms with E-state index in [4.69, 9.17) is 12.2 Å². The molecule has 0 saturated heterocycles. The van der Waals surface area contributed by atoms with Crippen LogP contribution in [0.5, 0.6) is 0 Å². The van der Waals surface area contributed by atoms with E-state index < -0.39 is 4.92 Å². The second-order valence-corrected chi connectivity index (χ2v) is 4.61. The molecule has 3 rings (SSSR count). The van der Waals surface area contributed by atoms with Crippen molar-refractivity contribution in [2.24, 2.45) is 0 Å². The number of aromatic nitrogens is 4. The summed E-state index contributed by atoms with van der Waals surface area (Å²) >= 11 is 4.85. The van der Waals surface area contributed by atoms with Crippen LogP contribution in [0.25, 0.3) is 22.3 Å². The lowest BCUT2D eigenvalue weighted by Crippen LogP contribution is -2.09. The summed E-state index contributed by atoms with van der Waals surface area (Å²) < 4.78 is 0.171. The maximum atomic E-state index is 11.8. The number of nitrogens with zero attached hydrogens (tertiary/aromatic N) is 3. The molecule has 104 valence electrons. The smallest absolute Gasteiger partial charge is 0.269 e. The van der Waals surface area contributed by atoms with E-state index >= 15 is 0 Å². The van der Waals surface area contributed by atoms with Crippen molar-refractivity contribution in [3.63, 3.8) is 0 Å². The lowest BCUT2D eigenvalue weighted by atomic mass is 10.1. The minimum absolute atomic E-state index is 0.0190. The number of fused-ring (bicyclic) bond motifs is 1.